The average Bonchev–Trinajstić information content (AvgIpc) is 3.62. The van der Waals surface area contributed by atoms with E-state index < -0.39 is 6.04 Å². The molecule has 5 rings (SSSR count). The van der Waals surface area contributed by atoms with Gasteiger partial charge in [0.1, 0.15) is 23.6 Å². The Bertz CT molecular complexity index is 1290. The van der Waals surface area contributed by atoms with Crippen molar-refractivity contribution in [3.05, 3.63) is 70.3 Å². The van der Waals surface area contributed by atoms with Crippen LogP contribution in [0.4, 0.5) is 0 Å². The lowest BCUT2D eigenvalue weighted by Gasteiger charge is -2.32. The second-order valence-electron chi connectivity index (χ2n) is 9.03. The molecule has 1 N–H and O–H groups in total. The first-order valence-electron chi connectivity index (χ1n) is 12.1. The lowest BCUT2D eigenvalue weighted by atomic mass is 9.95. The molecule has 3 aromatic heterocycles. The molecule has 3 heterocycles. The number of hydrogen-bond donors (Lipinski definition) is 1. The van der Waals surface area contributed by atoms with E-state index in [1.165, 1.54) is 6.42 Å². The molecule has 9 heteroatoms. The van der Waals surface area contributed by atoms with Crippen molar-refractivity contribution in [2.24, 2.45) is 0 Å². The van der Waals surface area contributed by atoms with Crippen LogP contribution in [-0.4, -0.2) is 37.7 Å². The third-order valence-electron chi connectivity index (χ3n) is 6.47. The minimum absolute atomic E-state index is 0.0290. The number of para-hydroxylation sites is 1. The van der Waals surface area contributed by atoms with Gasteiger partial charge in [-0.3, -0.25) is 9.59 Å². The Morgan fingerprint density at radius 1 is 1.14 bits per heavy atom. The summed E-state index contributed by atoms with van der Waals surface area (Å²) >= 11 is 1.55. The van der Waals surface area contributed by atoms with E-state index in [9.17, 15) is 9.59 Å². The minimum atomic E-state index is -0.880. The maximum atomic E-state index is 13.8. The van der Waals surface area contributed by atoms with E-state index in [0.717, 1.165) is 41.6 Å². The Morgan fingerprint density at radius 2 is 1.97 bits per heavy atom. The maximum absolute atomic E-state index is 13.8. The van der Waals surface area contributed by atoms with Gasteiger partial charge in [0.05, 0.1) is 12.1 Å². The molecule has 0 radical (unpaired) electrons. The molecule has 8 nitrogen and oxygen atoms in total. The van der Waals surface area contributed by atoms with Gasteiger partial charge in [-0.15, -0.1) is 16.4 Å². The fraction of sp³-hybridized carbons (Fsp3) is 0.385. The second kappa shape index (κ2) is 10.4. The van der Waals surface area contributed by atoms with Gasteiger partial charge in [0, 0.05) is 10.9 Å². The first-order valence-corrected chi connectivity index (χ1v) is 12.9. The molecule has 1 aliphatic carbocycles. The van der Waals surface area contributed by atoms with Crippen LogP contribution < -0.4 is 5.32 Å². The number of benzene rings is 1. The summed E-state index contributed by atoms with van der Waals surface area (Å²) in [6, 6.07) is 14.3. The molecule has 0 spiro atoms. The number of rotatable bonds is 8. The fourth-order valence-corrected chi connectivity index (χ4v) is 5.40. The zero-order valence-electron chi connectivity index (χ0n) is 19.7. The van der Waals surface area contributed by atoms with Crippen molar-refractivity contribution in [2.45, 2.75) is 64.2 Å². The highest BCUT2D eigenvalue weighted by Crippen LogP contribution is 2.28. The maximum Gasteiger partial charge on any atom is 0.250 e. The number of carbonyl (C=O) groups excluding carboxylic acids is 2. The highest BCUT2D eigenvalue weighted by atomic mass is 32.1. The Hall–Kier alpha value is -3.46. The number of nitrogens with zero attached hydrogens (tertiary/aromatic N) is 4. The van der Waals surface area contributed by atoms with Gasteiger partial charge in [0.2, 0.25) is 5.91 Å². The molecule has 0 aliphatic heterocycles. The highest BCUT2D eigenvalue weighted by molar-refractivity contribution is 7.09. The molecule has 182 valence electrons. The van der Waals surface area contributed by atoms with E-state index >= 15 is 0 Å². The number of fused-ring (bicyclic) bond motifs is 1. The summed E-state index contributed by atoms with van der Waals surface area (Å²) in [7, 11) is 0. The summed E-state index contributed by atoms with van der Waals surface area (Å²) in [5.41, 5.74) is 1.49. The molecule has 0 bridgehead atoms. The van der Waals surface area contributed by atoms with Crippen LogP contribution in [0.25, 0.3) is 11.0 Å². The van der Waals surface area contributed by atoms with Gasteiger partial charge >= 0.3 is 0 Å². The van der Waals surface area contributed by atoms with Crippen molar-refractivity contribution >= 4 is 34.2 Å². The summed E-state index contributed by atoms with van der Waals surface area (Å²) in [6.07, 6.45) is 5.32. The quantitative estimate of drug-likeness (QED) is 0.388. The number of carbonyl (C=O) groups is 2. The largest absolute Gasteiger partial charge is 0.464 e. The first-order chi connectivity index (χ1) is 17.1. The van der Waals surface area contributed by atoms with Crippen LogP contribution in [0.5, 0.6) is 0 Å². The molecular weight excluding hydrogens is 462 g/mol. The van der Waals surface area contributed by atoms with Gasteiger partial charge < -0.3 is 14.6 Å². The number of nitrogens with one attached hydrogen (secondary N) is 1. The van der Waals surface area contributed by atoms with Gasteiger partial charge in [-0.05, 0) is 55.5 Å². The van der Waals surface area contributed by atoms with Gasteiger partial charge in [-0.25, -0.2) is 4.68 Å². The Morgan fingerprint density at radius 3 is 2.71 bits per heavy atom. The number of thiophene rings is 1. The number of aryl methyl sites for hydroxylation is 1. The number of hydrogen-bond acceptors (Lipinski definition) is 6. The van der Waals surface area contributed by atoms with Crippen molar-refractivity contribution < 1.29 is 14.0 Å². The molecule has 35 heavy (non-hydrogen) atoms. The zero-order valence-corrected chi connectivity index (χ0v) is 20.5. The summed E-state index contributed by atoms with van der Waals surface area (Å²) in [5, 5.41) is 13.5. The van der Waals surface area contributed by atoms with Crippen LogP contribution in [-0.2, 0) is 22.7 Å². The zero-order chi connectivity index (χ0) is 24.2. The molecule has 4 aromatic rings. The Balaban J connectivity index is 1.48. The lowest BCUT2D eigenvalue weighted by Crippen LogP contribution is -2.47. The summed E-state index contributed by atoms with van der Waals surface area (Å²) in [5.74, 6) is 0.719. The predicted octanol–water partition coefficient (Wildman–Crippen LogP) is 4.61. The van der Waals surface area contributed by atoms with Crippen LogP contribution in [0.2, 0.25) is 0 Å². The molecule has 1 aromatic carbocycles. The highest BCUT2D eigenvalue weighted by Gasteiger charge is 2.35. The van der Waals surface area contributed by atoms with Crippen molar-refractivity contribution in [2.75, 3.05) is 0 Å². The average molecular weight is 492 g/mol. The number of aromatic nitrogens is 3. The smallest absolute Gasteiger partial charge is 0.250 e. The van der Waals surface area contributed by atoms with Crippen molar-refractivity contribution in [3.8, 4) is 0 Å². The summed E-state index contributed by atoms with van der Waals surface area (Å²) in [6.45, 7) is 2.11. The van der Waals surface area contributed by atoms with Crippen LogP contribution in [0, 0.1) is 6.92 Å². The van der Waals surface area contributed by atoms with E-state index in [1.54, 1.807) is 27.0 Å². The van der Waals surface area contributed by atoms with E-state index in [0.29, 0.717) is 18.1 Å². The lowest BCUT2D eigenvalue weighted by molar-refractivity contribution is -0.143. The van der Waals surface area contributed by atoms with Crippen LogP contribution in [0.15, 0.2) is 58.3 Å². The Kier molecular flexibility index (Phi) is 6.94. The van der Waals surface area contributed by atoms with Crippen LogP contribution in [0.3, 0.4) is 0 Å². The van der Waals surface area contributed by atoms with Gasteiger partial charge in [0.25, 0.3) is 5.91 Å². The van der Waals surface area contributed by atoms with Crippen molar-refractivity contribution in [1.29, 1.82) is 0 Å². The fourth-order valence-electron chi connectivity index (χ4n) is 4.70. The molecule has 2 amide bonds. The van der Waals surface area contributed by atoms with E-state index in [-0.39, 0.29) is 24.4 Å². The molecule has 1 saturated carbocycles. The predicted molar refractivity (Wildman–Crippen MR) is 134 cm³/mol. The van der Waals surface area contributed by atoms with Crippen molar-refractivity contribution in [1.82, 2.24) is 25.2 Å². The van der Waals surface area contributed by atoms with Crippen molar-refractivity contribution in [3.63, 3.8) is 0 Å². The molecule has 1 atom stereocenters. The topological polar surface area (TPSA) is 93.3 Å². The third-order valence-corrected chi connectivity index (χ3v) is 7.34. The SMILES string of the molecule is Cc1ccc([C@@H](C(=O)NC2CCCCC2)N(Cc2cccs2)C(=O)Cn2nnc3ccccc32)o1. The summed E-state index contributed by atoms with van der Waals surface area (Å²) < 4.78 is 7.51. The number of furan rings is 1. The molecular formula is C26H29N5O3S. The minimum Gasteiger partial charge on any atom is -0.464 e. The van der Waals surface area contributed by atoms with Gasteiger partial charge in [-0.1, -0.05) is 42.7 Å². The number of amides is 2. The van der Waals surface area contributed by atoms with Crippen LogP contribution in [0.1, 0.15) is 54.5 Å². The molecule has 0 unspecified atom stereocenters. The third kappa shape index (κ3) is 5.30. The second-order valence-corrected chi connectivity index (χ2v) is 10.1. The van der Waals surface area contributed by atoms with E-state index in [1.807, 2.05) is 54.8 Å². The Labute approximate surface area is 207 Å². The normalized spacial score (nSPS) is 15.2. The molecule has 1 fully saturated rings. The van der Waals surface area contributed by atoms with E-state index in [2.05, 4.69) is 15.6 Å². The standard InChI is InChI=1S/C26H29N5O3S/c1-18-13-14-23(34-18)25(26(33)27-19-8-3-2-4-9-19)30(16-20-10-7-15-35-20)24(32)17-31-22-12-6-5-11-21(22)28-29-31/h5-7,10-15,19,25H,2-4,8-9,16-17H2,1H3,(H,27,33)/t25-/m0/s1. The molecule has 1 aliphatic rings. The first kappa shape index (κ1) is 23.3. The summed E-state index contributed by atoms with van der Waals surface area (Å²) in [4.78, 5) is 30.1. The molecule has 0 saturated heterocycles. The van der Waals surface area contributed by atoms with Gasteiger partial charge in [0.15, 0.2) is 6.04 Å². The van der Waals surface area contributed by atoms with Gasteiger partial charge in [-0.2, -0.15) is 0 Å². The van der Waals surface area contributed by atoms with E-state index in [4.69, 9.17) is 4.42 Å². The van der Waals surface area contributed by atoms with Crippen LogP contribution >= 0.6 is 11.3 Å². The monoisotopic (exact) mass is 491 g/mol.